The summed E-state index contributed by atoms with van der Waals surface area (Å²) < 4.78 is 34.4. The highest BCUT2D eigenvalue weighted by Gasteiger charge is 2.49. The highest BCUT2D eigenvalue weighted by molar-refractivity contribution is 7.22. The van der Waals surface area contributed by atoms with Crippen LogP contribution < -0.4 is 15.0 Å². The first-order chi connectivity index (χ1) is 13.7. The van der Waals surface area contributed by atoms with Crippen LogP contribution in [0.5, 0.6) is 5.75 Å². The average molecular weight is 441 g/mol. The van der Waals surface area contributed by atoms with Gasteiger partial charge in [0.1, 0.15) is 10.8 Å². The summed E-state index contributed by atoms with van der Waals surface area (Å²) in [5.74, 6) is -0.000589. The zero-order valence-electron chi connectivity index (χ0n) is 16.3. The van der Waals surface area contributed by atoms with Gasteiger partial charge >= 0.3 is 6.11 Å². The summed E-state index contributed by atoms with van der Waals surface area (Å²) in [5, 5.41) is 16.6. The third-order valence-electron chi connectivity index (χ3n) is 4.75. The van der Waals surface area contributed by atoms with Gasteiger partial charge in [0.05, 0.1) is 10.2 Å². The molecule has 2 aromatic heterocycles. The number of nitrogens with one attached hydrogen (secondary N) is 1. The number of ether oxygens (including phenoxy) is 1. The van der Waals surface area contributed by atoms with E-state index in [2.05, 4.69) is 22.1 Å². The summed E-state index contributed by atoms with van der Waals surface area (Å²) in [4.78, 5) is 11.3. The number of nitrogens with zero attached hydrogens (tertiary/aromatic N) is 3. The van der Waals surface area contributed by atoms with Crippen molar-refractivity contribution in [2.45, 2.75) is 38.5 Å². The Morgan fingerprint density at radius 1 is 1.34 bits per heavy atom. The first kappa shape index (κ1) is 20.4. The molecular weight excluding hydrogens is 418 g/mol. The largest absolute Gasteiger partial charge is 0.429 e. The van der Waals surface area contributed by atoms with Crippen molar-refractivity contribution < 1.29 is 18.6 Å². The van der Waals surface area contributed by atoms with Crippen LogP contribution in [0.1, 0.15) is 20.8 Å². The van der Waals surface area contributed by atoms with E-state index in [0.29, 0.717) is 16.3 Å². The molecule has 3 aromatic rings. The number of piperazine rings is 1. The summed E-state index contributed by atoms with van der Waals surface area (Å²) >= 11 is 2.78. The van der Waals surface area contributed by atoms with Gasteiger partial charge in [-0.25, -0.2) is 9.97 Å². The molecule has 10 heteroatoms. The highest BCUT2D eigenvalue weighted by atomic mass is 32.1. The minimum atomic E-state index is -3.75. The number of halogens is 2. The maximum Gasteiger partial charge on any atom is 0.426 e. The number of aliphatic hydroxyl groups is 1. The maximum absolute atomic E-state index is 14.4. The van der Waals surface area contributed by atoms with Gasteiger partial charge in [-0.3, -0.25) is 0 Å². The van der Waals surface area contributed by atoms with Crippen molar-refractivity contribution in [1.82, 2.24) is 15.3 Å². The van der Waals surface area contributed by atoms with E-state index in [-0.39, 0.29) is 5.75 Å². The second-order valence-electron chi connectivity index (χ2n) is 7.60. The third-order valence-corrected chi connectivity index (χ3v) is 6.69. The zero-order chi connectivity index (χ0) is 20.8. The standard InChI is InChI=1S/C19H22F2N4O2S2/c1-11-10-25(8-6-22-11)17-24-14-12(16-23-7-9-28-16)4-5-13(15(14)29-17)27-19(20,21)18(2,3)26/h4-5,7,9,11,22,26H,6,8,10H2,1-3H3/t11-/m0/s1. The Morgan fingerprint density at radius 2 is 2.14 bits per heavy atom. The van der Waals surface area contributed by atoms with Crippen molar-refractivity contribution >= 4 is 38.0 Å². The molecule has 0 amide bonds. The van der Waals surface area contributed by atoms with E-state index in [1.165, 1.54) is 28.7 Å². The van der Waals surface area contributed by atoms with Crippen LogP contribution in [0.4, 0.5) is 13.9 Å². The molecule has 29 heavy (non-hydrogen) atoms. The number of anilines is 1. The zero-order valence-corrected chi connectivity index (χ0v) is 17.9. The van der Waals surface area contributed by atoms with Gasteiger partial charge in [0.25, 0.3) is 0 Å². The molecule has 2 N–H and O–H groups in total. The van der Waals surface area contributed by atoms with Crippen LogP contribution in [0.25, 0.3) is 20.8 Å². The van der Waals surface area contributed by atoms with E-state index < -0.39 is 11.7 Å². The Balaban J connectivity index is 1.82. The topological polar surface area (TPSA) is 70.5 Å². The Bertz CT molecular complexity index is 1000. The van der Waals surface area contributed by atoms with Gasteiger partial charge in [0, 0.05) is 42.8 Å². The van der Waals surface area contributed by atoms with E-state index in [1.54, 1.807) is 12.3 Å². The van der Waals surface area contributed by atoms with Crippen LogP contribution in [0.15, 0.2) is 23.7 Å². The molecule has 156 valence electrons. The quantitative estimate of drug-likeness (QED) is 0.626. The molecule has 1 aromatic carbocycles. The lowest BCUT2D eigenvalue weighted by Gasteiger charge is -2.31. The predicted molar refractivity (Wildman–Crippen MR) is 112 cm³/mol. The van der Waals surface area contributed by atoms with E-state index >= 15 is 0 Å². The van der Waals surface area contributed by atoms with Crippen LogP contribution in [-0.2, 0) is 0 Å². The smallest absolute Gasteiger partial charge is 0.426 e. The molecule has 1 aliphatic heterocycles. The van der Waals surface area contributed by atoms with Gasteiger partial charge in [-0.2, -0.15) is 8.78 Å². The Labute approximate surface area is 175 Å². The van der Waals surface area contributed by atoms with E-state index in [9.17, 15) is 13.9 Å². The van der Waals surface area contributed by atoms with Gasteiger partial charge in [0.2, 0.25) is 0 Å². The Morgan fingerprint density at radius 3 is 2.79 bits per heavy atom. The maximum atomic E-state index is 14.4. The second-order valence-corrected chi connectivity index (χ2v) is 9.47. The SMILES string of the molecule is C[C@H]1CN(c2nc3c(-c4nccs4)ccc(OC(F)(F)C(C)(C)O)c3s2)CCN1. The normalized spacial score (nSPS) is 18.4. The molecule has 0 unspecified atom stereocenters. The van der Waals surface area contributed by atoms with E-state index in [0.717, 1.165) is 49.2 Å². The fourth-order valence-electron chi connectivity index (χ4n) is 3.09. The highest BCUT2D eigenvalue weighted by Crippen LogP contribution is 2.43. The molecule has 6 nitrogen and oxygen atoms in total. The van der Waals surface area contributed by atoms with Crippen LogP contribution in [-0.4, -0.2) is 52.5 Å². The van der Waals surface area contributed by atoms with Crippen molar-refractivity contribution in [2.75, 3.05) is 24.5 Å². The number of thiazole rings is 2. The lowest BCUT2D eigenvalue weighted by Crippen LogP contribution is -2.49. The molecule has 4 rings (SSSR count). The van der Waals surface area contributed by atoms with Gasteiger partial charge in [0.15, 0.2) is 10.7 Å². The van der Waals surface area contributed by atoms with Crippen molar-refractivity contribution in [1.29, 1.82) is 0 Å². The first-order valence-corrected chi connectivity index (χ1v) is 11.0. The number of benzene rings is 1. The summed E-state index contributed by atoms with van der Waals surface area (Å²) in [6.07, 6.45) is -2.06. The minimum Gasteiger partial charge on any atom is -0.429 e. The molecule has 0 aliphatic carbocycles. The molecule has 1 aliphatic rings. The van der Waals surface area contributed by atoms with E-state index in [1.807, 2.05) is 5.38 Å². The molecular formula is C19H22F2N4O2S2. The molecule has 1 saturated heterocycles. The number of fused-ring (bicyclic) bond motifs is 1. The Hall–Kier alpha value is -1.88. The monoisotopic (exact) mass is 440 g/mol. The number of alkyl halides is 2. The van der Waals surface area contributed by atoms with Gasteiger partial charge < -0.3 is 20.1 Å². The van der Waals surface area contributed by atoms with Crippen LogP contribution in [0.3, 0.4) is 0 Å². The number of rotatable bonds is 5. The van der Waals surface area contributed by atoms with Gasteiger partial charge in [-0.1, -0.05) is 11.3 Å². The molecule has 3 heterocycles. The van der Waals surface area contributed by atoms with E-state index in [4.69, 9.17) is 9.72 Å². The molecule has 0 saturated carbocycles. The van der Waals surface area contributed by atoms with Crippen LogP contribution in [0, 0.1) is 0 Å². The summed E-state index contributed by atoms with van der Waals surface area (Å²) in [6.45, 7) is 6.54. The predicted octanol–water partition coefficient (Wildman–Crippen LogP) is 3.96. The fourth-order valence-corrected chi connectivity index (χ4v) is 4.83. The molecule has 0 radical (unpaired) electrons. The lowest BCUT2D eigenvalue weighted by molar-refractivity contribution is -0.275. The number of hydrogen-bond acceptors (Lipinski definition) is 8. The van der Waals surface area contributed by atoms with Crippen LogP contribution in [0.2, 0.25) is 0 Å². The summed E-state index contributed by atoms with van der Waals surface area (Å²) in [5.41, 5.74) is -0.968. The number of hydrogen-bond donors (Lipinski definition) is 2. The molecule has 0 bridgehead atoms. The molecule has 0 spiro atoms. The summed E-state index contributed by atoms with van der Waals surface area (Å²) in [7, 11) is 0. The molecule has 1 atom stereocenters. The number of aromatic nitrogens is 2. The Kier molecular flexibility index (Phi) is 5.22. The minimum absolute atomic E-state index is 0.000589. The van der Waals surface area contributed by atoms with Gasteiger partial charge in [-0.05, 0) is 32.9 Å². The van der Waals surface area contributed by atoms with Crippen molar-refractivity contribution in [2.24, 2.45) is 0 Å². The first-order valence-electron chi connectivity index (χ1n) is 9.26. The van der Waals surface area contributed by atoms with Crippen molar-refractivity contribution in [3.8, 4) is 16.3 Å². The van der Waals surface area contributed by atoms with Crippen molar-refractivity contribution in [3.05, 3.63) is 23.7 Å². The third kappa shape index (κ3) is 3.94. The van der Waals surface area contributed by atoms with Crippen molar-refractivity contribution in [3.63, 3.8) is 0 Å². The fraction of sp³-hybridized carbons (Fsp3) is 0.474. The molecule has 1 fully saturated rings. The second kappa shape index (κ2) is 7.42. The average Bonchev–Trinajstić information content (AvgIpc) is 3.31. The summed E-state index contributed by atoms with van der Waals surface area (Å²) in [6, 6.07) is 3.51. The van der Waals surface area contributed by atoms with Crippen LogP contribution >= 0.6 is 22.7 Å². The lowest BCUT2D eigenvalue weighted by atomic mass is 10.1. The van der Waals surface area contributed by atoms with Gasteiger partial charge in [-0.15, -0.1) is 11.3 Å².